The Kier molecular flexibility index (Phi) is 6.90. The number of nitrogens with two attached hydrogens (primary N) is 1. The van der Waals surface area contributed by atoms with Crippen LogP contribution in [0.2, 0.25) is 10.0 Å². The summed E-state index contributed by atoms with van der Waals surface area (Å²) in [4.78, 5) is 12.1. The average molecular weight is 443 g/mol. The first-order valence-corrected chi connectivity index (χ1v) is 10.1. The summed E-state index contributed by atoms with van der Waals surface area (Å²) < 4.78 is 17.6. The highest BCUT2D eigenvalue weighted by molar-refractivity contribution is 6.56. The SMILES string of the molecule is CC(C)(C)OC(=O)NCC(=Cc1ccc(N)c(Cl)c1Cl)B1OC(C)(C)C(C)(C)O1. The van der Waals surface area contributed by atoms with Crippen molar-refractivity contribution in [2.24, 2.45) is 0 Å². The minimum Gasteiger partial charge on any atom is -0.444 e. The molecule has 1 aromatic rings. The van der Waals surface area contributed by atoms with Crippen LogP contribution in [0.15, 0.2) is 17.6 Å². The lowest BCUT2D eigenvalue weighted by Gasteiger charge is -2.32. The maximum Gasteiger partial charge on any atom is 0.492 e. The number of anilines is 1. The largest absolute Gasteiger partial charge is 0.492 e. The number of nitrogen functional groups attached to an aromatic ring is 1. The van der Waals surface area contributed by atoms with Crippen molar-refractivity contribution in [2.45, 2.75) is 65.3 Å². The monoisotopic (exact) mass is 442 g/mol. The number of nitrogens with one attached hydrogen (secondary N) is 1. The lowest BCUT2D eigenvalue weighted by atomic mass is 9.77. The molecule has 0 spiro atoms. The molecular formula is C20H29BCl2N2O4. The first-order chi connectivity index (χ1) is 13.1. The molecule has 0 aliphatic carbocycles. The molecule has 29 heavy (non-hydrogen) atoms. The second-order valence-electron chi connectivity index (χ2n) is 9.03. The van der Waals surface area contributed by atoms with E-state index in [0.717, 1.165) is 0 Å². The third-order valence-corrected chi connectivity index (χ3v) is 5.79. The van der Waals surface area contributed by atoms with Crippen LogP contribution in [0, 0.1) is 0 Å². The summed E-state index contributed by atoms with van der Waals surface area (Å²) >= 11 is 12.5. The third-order valence-electron chi connectivity index (χ3n) is 4.87. The Labute approximate surface area is 183 Å². The van der Waals surface area contributed by atoms with Gasteiger partial charge in [0, 0.05) is 6.54 Å². The van der Waals surface area contributed by atoms with Crippen molar-refractivity contribution in [3.8, 4) is 0 Å². The van der Waals surface area contributed by atoms with Gasteiger partial charge in [0.2, 0.25) is 0 Å². The highest BCUT2D eigenvalue weighted by Gasteiger charge is 2.52. The Bertz CT molecular complexity index is 803. The summed E-state index contributed by atoms with van der Waals surface area (Å²) in [5.74, 6) is 0. The first-order valence-electron chi connectivity index (χ1n) is 9.39. The van der Waals surface area contributed by atoms with E-state index in [0.29, 0.717) is 21.7 Å². The van der Waals surface area contributed by atoms with E-state index in [1.807, 2.05) is 27.7 Å². The summed E-state index contributed by atoms with van der Waals surface area (Å²) in [5, 5.41) is 3.34. The number of hydrogen-bond donors (Lipinski definition) is 2. The molecule has 9 heteroatoms. The predicted octanol–water partition coefficient (Wildman–Crippen LogP) is 5.12. The molecule has 0 atom stereocenters. The fraction of sp³-hybridized carbons (Fsp3) is 0.550. The van der Waals surface area contributed by atoms with Crippen molar-refractivity contribution < 1.29 is 18.8 Å². The van der Waals surface area contributed by atoms with Gasteiger partial charge >= 0.3 is 13.2 Å². The van der Waals surface area contributed by atoms with Crippen molar-refractivity contribution in [1.29, 1.82) is 0 Å². The van der Waals surface area contributed by atoms with Crippen LogP contribution in [0.3, 0.4) is 0 Å². The van der Waals surface area contributed by atoms with Crippen molar-refractivity contribution in [1.82, 2.24) is 5.32 Å². The Morgan fingerprint density at radius 2 is 1.72 bits per heavy atom. The Morgan fingerprint density at radius 3 is 2.24 bits per heavy atom. The number of halogens is 2. The number of carbonyl (C=O) groups is 1. The van der Waals surface area contributed by atoms with E-state index >= 15 is 0 Å². The van der Waals surface area contributed by atoms with Gasteiger partial charge in [0.25, 0.3) is 0 Å². The summed E-state index contributed by atoms with van der Waals surface area (Å²) in [6.45, 7) is 13.4. The van der Waals surface area contributed by atoms with Crippen LogP contribution in [0.4, 0.5) is 10.5 Å². The molecule has 1 amide bonds. The molecule has 6 nitrogen and oxygen atoms in total. The highest BCUT2D eigenvalue weighted by Crippen LogP contribution is 2.39. The number of alkyl carbamates (subject to hydrolysis) is 1. The van der Waals surface area contributed by atoms with E-state index < -0.39 is 30.0 Å². The molecule has 0 radical (unpaired) electrons. The molecule has 0 unspecified atom stereocenters. The van der Waals surface area contributed by atoms with E-state index in [1.54, 1.807) is 39.0 Å². The molecule has 1 saturated heterocycles. The van der Waals surface area contributed by atoms with Crippen molar-refractivity contribution in [3.63, 3.8) is 0 Å². The van der Waals surface area contributed by atoms with E-state index in [2.05, 4.69) is 5.32 Å². The summed E-state index contributed by atoms with van der Waals surface area (Å²) in [5.41, 5.74) is 5.82. The molecule has 0 aromatic heterocycles. The maximum absolute atomic E-state index is 12.1. The number of carbonyl (C=O) groups excluding carboxylic acids is 1. The molecule has 160 valence electrons. The quantitative estimate of drug-likeness (QED) is 0.499. The van der Waals surface area contributed by atoms with E-state index in [1.165, 1.54) is 0 Å². The van der Waals surface area contributed by atoms with Crippen molar-refractivity contribution >= 4 is 48.2 Å². The topological polar surface area (TPSA) is 82.8 Å². The summed E-state index contributed by atoms with van der Waals surface area (Å²) in [7, 11) is -0.678. The number of hydrogen-bond acceptors (Lipinski definition) is 5. The molecule has 0 saturated carbocycles. The number of amides is 1. The minimum absolute atomic E-state index is 0.143. The van der Waals surface area contributed by atoms with Gasteiger partial charge in [0.05, 0.1) is 26.9 Å². The summed E-state index contributed by atoms with van der Waals surface area (Å²) in [6.07, 6.45) is 1.24. The Morgan fingerprint density at radius 1 is 1.17 bits per heavy atom. The third kappa shape index (κ3) is 5.82. The molecule has 1 aliphatic rings. The molecule has 1 fully saturated rings. The van der Waals surface area contributed by atoms with Gasteiger partial charge in [-0.25, -0.2) is 4.79 Å². The van der Waals surface area contributed by atoms with Gasteiger partial charge < -0.3 is 25.1 Å². The normalized spacial score (nSPS) is 18.7. The van der Waals surface area contributed by atoms with Crippen molar-refractivity contribution in [2.75, 3.05) is 12.3 Å². The number of ether oxygens (including phenoxy) is 1. The lowest BCUT2D eigenvalue weighted by molar-refractivity contribution is 0.00578. The van der Waals surface area contributed by atoms with Crippen LogP contribution in [0.1, 0.15) is 54.0 Å². The molecule has 2 rings (SSSR count). The molecule has 1 heterocycles. The standard InChI is InChI=1S/C20H29BCl2N2O4/c1-18(2,3)27-17(26)25-11-13(21-28-19(4,5)20(6,7)29-21)10-12-8-9-14(24)16(23)15(12)22/h8-10H,11,24H2,1-7H3,(H,25,26). The minimum atomic E-state index is -0.678. The molecular weight excluding hydrogens is 414 g/mol. The highest BCUT2D eigenvalue weighted by atomic mass is 35.5. The number of benzene rings is 1. The van der Waals surface area contributed by atoms with Gasteiger partial charge in [0.15, 0.2) is 0 Å². The maximum atomic E-state index is 12.1. The van der Waals surface area contributed by atoms with Gasteiger partial charge in [0.1, 0.15) is 5.60 Å². The van der Waals surface area contributed by atoms with Crippen LogP contribution in [-0.4, -0.2) is 36.6 Å². The second-order valence-corrected chi connectivity index (χ2v) is 9.79. The Hall–Kier alpha value is -1.41. The zero-order valence-electron chi connectivity index (χ0n) is 18.0. The molecule has 3 N–H and O–H groups in total. The fourth-order valence-electron chi connectivity index (χ4n) is 2.58. The van der Waals surface area contributed by atoms with Crippen LogP contribution in [-0.2, 0) is 14.0 Å². The molecule has 0 bridgehead atoms. The van der Waals surface area contributed by atoms with Gasteiger partial charge in [-0.05, 0) is 65.6 Å². The van der Waals surface area contributed by atoms with E-state index in [9.17, 15) is 4.79 Å². The Balaban J connectivity index is 2.34. The van der Waals surface area contributed by atoms with Crippen molar-refractivity contribution in [3.05, 3.63) is 33.2 Å². The molecule has 1 aromatic carbocycles. The zero-order valence-corrected chi connectivity index (χ0v) is 19.5. The van der Waals surface area contributed by atoms with Crippen LogP contribution in [0.5, 0.6) is 0 Å². The summed E-state index contributed by atoms with van der Waals surface area (Å²) in [6, 6.07) is 3.42. The first kappa shape index (κ1) is 23.9. The van der Waals surface area contributed by atoms with E-state index in [4.69, 9.17) is 43.0 Å². The van der Waals surface area contributed by atoms with Gasteiger partial charge in [-0.3, -0.25) is 0 Å². The second kappa shape index (κ2) is 8.38. The van der Waals surface area contributed by atoms with Crippen LogP contribution >= 0.6 is 23.2 Å². The van der Waals surface area contributed by atoms with E-state index in [-0.39, 0.29) is 11.6 Å². The van der Waals surface area contributed by atoms with Crippen LogP contribution in [0.25, 0.3) is 6.08 Å². The zero-order chi connectivity index (χ0) is 22.2. The van der Waals surface area contributed by atoms with Gasteiger partial charge in [-0.1, -0.05) is 35.3 Å². The van der Waals surface area contributed by atoms with Gasteiger partial charge in [-0.15, -0.1) is 0 Å². The van der Waals surface area contributed by atoms with Crippen LogP contribution < -0.4 is 11.1 Å². The average Bonchev–Trinajstić information content (AvgIpc) is 2.77. The smallest absolute Gasteiger partial charge is 0.444 e. The molecule has 1 aliphatic heterocycles. The number of rotatable bonds is 4. The fourth-order valence-corrected chi connectivity index (χ4v) is 2.97. The predicted molar refractivity (Wildman–Crippen MR) is 119 cm³/mol. The van der Waals surface area contributed by atoms with Gasteiger partial charge in [-0.2, -0.15) is 0 Å². The lowest BCUT2D eigenvalue weighted by Crippen LogP contribution is -2.41.